The van der Waals surface area contributed by atoms with E-state index in [0.29, 0.717) is 12.1 Å². The third kappa shape index (κ3) is 5.93. The van der Waals surface area contributed by atoms with Gasteiger partial charge in [0, 0.05) is 25.2 Å². The Kier molecular flexibility index (Phi) is 10.8. The Morgan fingerprint density at radius 3 is 1.31 bits per heavy atom. The lowest BCUT2D eigenvalue weighted by molar-refractivity contribution is 0.188. The van der Waals surface area contributed by atoms with Gasteiger partial charge in [-0.2, -0.15) is 0 Å². The molecule has 0 bridgehead atoms. The van der Waals surface area contributed by atoms with Crippen LogP contribution in [0.1, 0.15) is 53.6 Å². The van der Waals surface area contributed by atoms with Crippen LogP contribution >= 0.6 is 24.8 Å². The van der Waals surface area contributed by atoms with Crippen molar-refractivity contribution in [3.8, 4) is 23.0 Å². The molecule has 0 N–H and O–H groups in total. The molecule has 0 aliphatic carbocycles. The standard InChI is InChI=1S/C27H38N2O4.2ClH/c1-28-12-10-18-14-24(30-3)26(32-5)16-20(18)22(28)8-7-9-23-21-17-27(33-6)25(31-4)15-19(21)11-13-29(23)2;;/h14-17,22-23H,7-13H2,1-6H3;2*1H/t22-,23+;;. The van der Waals surface area contributed by atoms with E-state index >= 15 is 0 Å². The zero-order valence-corrected chi connectivity index (χ0v) is 23.4. The van der Waals surface area contributed by atoms with Crippen molar-refractivity contribution in [1.29, 1.82) is 0 Å². The molecule has 4 rings (SSSR count). The number of hydrogen-bond donors (Lipinski definition) is 0. The first-order valence-electron chi connectivity index (χ1n) is 11.9. The molecule has 2 aliphatic rings. The summed E-state index contributed by atoms with van der Waals surface area (Å²) >= 11 is 0. The van der Waals surface area contributed by atoms with Crippen LogP contribution < -0.4 is 18.9 Å². The molecule has 196 valence electrons. The lowest BCUT2D eigenvalue weighted by Gasteiger charge is -2.37. The maximum Gasteiger partial charge on any atom is 0.161 e. The van der Waals surface area contributed by atoms with Crippen molar-refractivity contribution in [3.05, 3.63) is 46.5 Å². The van der Waals surface area contributed by atoms with Crippen molar-refractivity contribution in [1.82, 2.24) is 9.80 Å². The van der Waals surface area contributed by atoms with Gasteiger partial charge >= 0.3 is 0 Å². The zero-order valence-electron chi connectivity index (χ0n) is 21.8. The third-order valence-corrected chi connectivity index (χ3v) is 7.50. The minimum Gasteiger partial charge on any atom is -0.493 e. The fraction of sp³-hybridized carbons (Fsp3) is 0.556. The molecule has 0 spiro atoms. The second kappa shape index (κ2) is 12.9. The minimum absolute atomic E-state index is 0. The molecule has 0 radical (unpaired) electrons. The summed E-state index contributed by atoms with van der Waals surface area (Å²) < 4.78 is 22.3. The van der Waals surface area contributed by atoms with Gasteiger partial charge < -0.3 is 18.9 Å². The Labute approximate surface area is 222 Å². The highest BCUT2D eigenvalue weighted by atomic mass is 35.5. The third-order valence-electron chi connectivity index (χ3n) is 7.50. The van der Waals surface area contributed by atoms with Crippen molar-refractivity contribution in [3.63, 3.8) is 0 Å². The average Bonchev–Trinajstić information content (AvgIpc) is 2.84. The first-order chi connectivity index (χ1) is 16.0. The molecule has 0 fully saturated rings. The predicted molar refractivity (Wildman–Crippen MR) is 146 cm³/mol. The molecule has 2 aromatic carbocycles. The largest absolute Gasteiger partial charge is 0.493 e. The van der Waals surface area contributed by atoms with Crippen LogP contribution in [-0.4, -0.2) is 65.4 Å². The van der Waals surface area contributed by atoms with E-state index in [2.05, 4.69) is 48.2 Å². The molecule has 0 saturated carbocycles. The van der Waals surface area contributed by atoms with Crippen LogP contribution in [-0.2, 0) is 12.8 Å². The van der Waals surface area contributed by atoms with Crippen molar-refractivity contribution in [2.45, 2.75) is 44.2 Å². The van der Waals surface area contributed by atoms with Gasteiger partial charge in [-0.25, -0.2) is 0 Å². The predicted octanol–water partition coefficient (Wildman–Crippen LogP) is 5.49. The van der Waals surface area contributed by atoms with Crippen molar-refractivity contribution in [2.24, 2.45) is 0 Å². The van der Waals surface area contributed by atoms with Crippen LogP contribution in [0.3, 0.4) is 0 Å². The number of likely N-dealkylation sites (N-methyl/N-ethyl adjacent to an activating group) is 2. The van der Waals surface area contributed by atoms with E-state index in [9.17, 15) is 0 Å². The highest BCUT2D eigenvalue weighted by Gasteiger charge is 2.29. The van der Waals surface area contributed by atoms with Crippen LogP contribution in [0.5, 0.6) is 23.0 Å². The second-order valence-corrected chi connectivity index (χ2v) is 9.24. The Balaban J connectivity index is 0.00000216. The van der Waals surface area contributed by atoms with Gasteiger partial charge in [0.25, 0.3) is 0 Å². The van der Waals surface area contributed by atoms with E-state index in [1.165, 1.54) is 22.3 Å². The minimum atomic E-state index is 0. The highest BCUT2D eigenvalue weighted by Crippen LogP contribution is 2.42. The molecule has 8 heteroatoms. The maximum absolute atomic E-state index is 5.61. The van der Waals surface area contributed by atoms with Crippen molar-refractivity contribution < 1.29 is 18.9 Å². The summed E-state index contributed by atoms with van der Waals surface area (Å²) in [6.45, 7) is 2.13. The first-order valence-corrected chi connectivity index (χ1v) is 11.9. The van der Waals surface area contributed by atoms with Gasteiger partial charge in [-0.15, -0.1) is 24.8 Å². The van der Waals surface area contributed by atoms with Gasteiger partial charge in [0.15, 0.2) is 23.0 Å². The molecule has 2 atom stereocenters. The van der Waals surface area contributed by atoms with Gasteiger partial charge in [-0.1, -0.05) is 0 Å². The summed E-state index contributed by atoms with van der Waals surface area (Å²) in [5.41, 5.74) is 5.52. The average molecular weight is 528 g/mol. The van der Waals surface area contributed by atoms with E-state index in [1.807, 2.05) is 0 Å². The summed E-state index contributed by atoms with van der Waals surface area (Å²) in [4.78, 5) is 4.97. The van der Waals surface area contributed by atoms with Crippen molar-refractivity contribution >= 4 is 24.8 Å². The van der Waals surface area contributed by atoms with Crippen molar-refractivity contribution in [2.75, 3.05) is 55.6 Å². The molecule has 0 amide bonds. The highest BCUT2D eigenvalue weighted by molar-refractivity contribution is 5.85. The lowest BCUT2D eigenvalue weighted by Crippen LogP contribution is -2.34. The van der Waals surface area contributed by atoms with Crippen LogP contribution in [0, 0.1) is 0 Å². The lowest BCUT2D eigenvalue weighted by atomic mass is 9.86. The normalized spacial score (nSPS) is 19.5. The van der Waals surface area contributed by atoms with Crippen LogP contribution in [0.15, 0.2) is 24.3 Å². The Morgan fingerprint density at radius 2 is 0.971 bits per heavy atom. The zero-order chi connectivity index (χ0) is 23.5. The summed E-state index contributed by atoms with van der Waals surface area (Å²) in [6, 6.07) is 9.50. The number of halogens is 2. The maximum atomic E-state index is 5.61. The van der Waals surface area contributed by atoms with E-state index in [0.717, 1.165) is 68.2 Å². The monoisotopic (exact) mass is 526 g/mol. The molecule has 2 aliphatic heterocycles. The SMILES string of the molecule is COc1cc2c(cc1OC)[C@@H](CCC[C@H]1c3cc(OC)c(OC)cc3CCN1C)N(C)CC2.Cl.Cl. The fourth-order valence-corrected chi connectivity index (χ4v) is 5.56. The molecular weight excluding hydrogens is 487 g/mol. The Morgan fingerprint density at radius 1 is 0.629 bits per heavy atom. The Hall–Kier alpha value is -1.86. The van der Waals surface area contributed by atoms with Gasteiger partial charge in [0.2, 0.25) is 0 Å². The van der Waals surface area contributed by atoms with Gasteiger partial charge in [0.1, 0.15) is 0 Å². The topological polar surface area (TPSA) is 43.4 Å². The number of methoxy groups -OCH3 is 4. The van der Waals surface area contributed by atoms with Gasteiger partial charge in [-0.05, 0) is 92.7 Å². The number of nitrogens with zero attached hydrogens (tertiary/aromatic N) is 2. The van der Waals surface area contributed by atoms with Crippen LogP contribution in [0.4, 0.5) is 0 Å². The molecule has 35 heavy (non-hydrogen) atoms. The number of ether oxygens (including phenoxy) is 4. The van der Waals surface area contributed by atoms with E-state index in [-0.39, 0.29) is 24.8 Å². The molecular formula is C27H40Cl2N2O4. The molecule has 2 heterocycles. The number of rotatable bonds is 8. The number of benzene rings is 2. The van der Waals surface area contributed by atoms with Gasteiger partial charge in [-0.3, -0.25) is 9.80 Å². The fourth-order valence-electron chi connectivity index (χ4n) is 5.56. The van der Waals surface area contributed by atoms with Crippen LogP contribution in [0.25, 0.3) is 0 Å². The second-order valence-electron chi connectivity index (χ2n) is 9.24. The van der Waals surface area contributed by atoms with E-state index < -0.39 is 0 Å². The molecule has 0 unspecified atom stereocenters. The summed E-state index contributed by atoms with van der Waals surface area (Å²) in [6.07, 6.45) is 5.47. The Bertz CT molecular complexity index is 911. The summed E-state index contributed by atoms with van der Waals surface area (Å²) in [5, 5.41) is 0. The molecule has 6 nitrogen and oxygen atoms in total. The quantitative estimate of drug-likeness (QED) is 0.452. The number of hydrogen-bond acceptors (Lipinski definition) is 6. The smallest absolute Gasteiger partial charge is 0.161 e. The molecule has 0 aromatic heterocycles. The van der Waals surface area contributed by atoms with E-state index in [1.54, 1.807) is 28.4 Å². The first kappa shape index (κ1) is 29.4. The molecule has 2 aromatic rings. The van der Waals surface area contributed by atoms with Crippen LogP contribution in [0.2, 0.25) is 0 Å². The van der Waals surface area contributed by atoms with E-state index in [4.69, 9.17) is 18.9 Å². The summed E-state index contributed by atoms with van der Waals surface area (Å²) in [5.74, 6) is 3.28. The molecule has 0 saturated heterocycles. The van der Waals surface area contributed by atoms with Gasteiger partial charge in [0.05, 0.1) is 28.4 Å². The number of fused-ring (bicyclic) bond motifs is 2. The summed E-state index contributed by atoms with van der Waals surface area (Å²) in [7, 11) is 11.3.